The van der Waals surface area contributed by atoms with Crippen LogP contribution in [0.5, 0.6) is 0 Å². The first kappa shape index (κ1) is 23.8. The number of carboxylic acids is 1. The number of carbonyl (C=O) groups excluding carboxylic acids is 1. The van der Waals surface area contributed by atoms with E-state index in [2.05, 4.69) is 15.7 Å². The van der Waals surface area contributed by atoms with Crippen LogP contribution in [-0.4, -0.2) is 68.8 Å². The lowest BCUT2D eigenvalue weighted by Crippen LogP contribution is -2.58. The number of hydrogen-bond donors (Lipinski definition) is 3. The number of carbonyl (C=O) groups is 2. The number of carboxylic acid groups (broad SMARTS) is 1. The molecule has 0 saturated carbocycles. The number of aryl methyl sites for hydroxylation is 1. The summed E-state index contributed by atoms with van der Waals surface area (Å²) in [6, 6.07) is 8.84. The molecule has 4 heterocycles. The van der Waals surface area contributed by atoms with Gasteiger partial charge in [-0.3, -0.25) is 9.48 Å². The van der Waals surface area contributed by atoms with Gasteiger partial charge in [-0.05, 0) is 18.9 Å². The highest BCUT2D eigenvalue weighted by Crippen LogP contribution is 2.26. The molecule has 9 nitrogen and oxygen atoms in total. The summed E-state index contributed by atoms with van der Waals surface area (Å²) < 4.78 is 41.1. The monoisotopic (exact) mass is 479 g/mol. The summed E-state index contributed by atoms with van der Waals surface area (Å²) in [7, 11) is 1.89. The van der Waals surface area contributed by atoms with Crippen LogP contribution in [0.2, 0.25) is 0 Å². The molecule has 2 saturated heterocycles. The molecule has 12 heteroatoms. The van der Waals surface area contributed by atoms with Crippen molar-refractivity contribution in [3.05, 3.63) is 48.4 Å². The first-order valence-electron chi connectivity index (χ1n) is 10.7. The Bertz CT molecular complexity index is 1180. The number of halogens is 3. The van der Waals surface area contributed by atoms with Crippen LogP contribution in [0.4, 0.5) is 13.2 Å². The number of nitrogens with one attached hydrogen (secondary N) is 2. The van der Waals surface area contributed by atoms with E-state index in [1.165, 1.54) is 0 Å². The largest absolute Gasteiger partial charge is 0.490 e. The van der Waals surface area contributed by atoms with E-state index in [0.717, 1.165) is 42.6 Å². The third kappa shape index (κ3) is 5.23. The molecule has 2 aromatic heterocycles. The number of amides is 1. The molecule has 1 amide bonds. The van der Waals surface area contributed by atoms with E-state index >= 15 is 0 Å². The smallest absolute Gasteiger partial charge is 0.475 e. The molecule has 0 radical (unpaired) electrons. The molecule has 1 aromatic carbocycles. The number of fused-ring (bicyclic) bond motifs is 3. The molecule has 2 bridgehead atoms. The maximum absolute atomic E-state index is 13.1. The van der Waals surface area contributed by atoms with E-state index in [9.17, 15) is 18.0 Å². The highest BCUT2D eigenvalue weighted by molar-refractivity contribution is 6.07. The van der Waals surface area contributed by atoms with Gasteiger partial charge in [-0.2, -0.15) is 18.3 Å². The van der Waals surface area contributed by atoms with Gasteiger partial charge in [0.05, 0.1) is 36.2 Å². The standard InChI is InChI=1S/C20H23N5O2.C2HF3O2/c1-24-9-16(8-21-24)25-10-18(17-4-2-3-5-19(17)25)20(26)23-13-6-14-11-27-12-15(7-13)22-14;3-2(4,5)1(6)7/h2-5,8-10,13-15,22H,6-7,11-12H2,1H3,(H,23,26);(H,6,7)/t13?,14-,15+;. The van der Waals surface area contributed by atoms with Gasteiger partial charge in [-0.1, -0.05) is 18.2 Å². The van der Waals surface area contributed by atoms with Crippen LogP contribution >= 0.6 is 0 Å². The molecular formula is C22H24F3N5O4. The Balaban J connectivity index is 0.000000344. The first-order valence-corrected chi connectivity index (χ1v) is 10.7. The average Bonchev–Trinajstić information content (AvgIpc) is 3.37. The fraction of sp³-hybridized carbons (Fsp3) is 0.409. The number of aliphatic carboxylic acids is 1. The number of benzene rings is 1. The van der Waals surface area contributed by atoms with Crippen molar-refractivity contribution in [2.24, 2.45) is 7.05 Å². The van der Waals surface area contributed by atoms with Gasteiger partial charge in [0.15, 0.2) is 0 Å². The van der Waals surface area contributed by atoms with Crippen LogP contribution in [0.3, 0.4) is 0 Å². The molecule has 1 unspecified atom stereocenters. The molecule has 3 atom stereocenters. The van der Waals surface area contributed by atoms with Crippen molar-refractivity contribution in [1.29, 1.82) is 0 Å². The Morgan fingerprint density at radius 1 is 1.18 bits per heavy atom. The molecule has 5 rings (SSSR count). The number of ether oxygens (including phenoxy) is 1. The molecule has 0 aliphatic carbocycles. The third-order valence-electron chi connectivity index (χ3n) is 5.75. The van der Waals surface area contributed by atoms with Gasteiger partial charge in [0.25, 0.3) is 5.91 Å². The van der Waals surface area contributed by atoms with Crippen molar-refractivity contribution in [2.75, 3.05) is 13.2 Å². The summed E-state index contributed by atoms with van der Waals surface area (Å²) in [5, 5.41) is 19.2. The Morgan fingerprint density at radius 3 is 2.41 bits per heavy atom. The third-order valence-corrected chi connectivity index (χ3v) is 5.75. The van der Waals surface area contributed by atoms with Crippen molar-refractivity contribution in [1.82, 2.24) is 25.0 Å². The van der Waals surface area contributed by atoms with Gasteiger partial charge in [0.2, 0.25) is 0 Å². The number of morpholine rings is 1. The van der Waals surface area contributed by atoms with Crippen molar-refractivity contribution < 1.29 is 32.6 Å². The van der Waals surface area contributed by atoms with Gasteiger partial charge in [-0.15, -0.1) is 0 Å². The van der Waals surface area contributed by atoms with Crippen LogP contribution in [0.1, 0.15) is 23.2 Å². The van der Waals surface area contributed by atoms with Crippen LogP contribution in [-0.2, 0) is 16.6 Å². The maximum Gasteiger partial charge on any atom is 0.490 e. The molecule has 0 spiro atoms. The van der Waals surface area contributed by atoms with Crippen molar-refractivity contribution >= 4 is 22.8 Å². The normalized spacial score (nSPS) is 22.1. The number of nitrogens with zero attached hydrogens (tertiary/aromatic N) is 3. The van der Waals surface area contributed by atoms with Gasteiger partial charge in [0.1, 0.15) is 0 Å². The second-order valence-electron chi connectivity index (χ2n) is 8.34. The van der Waals surface area contributed by atoms with Gasteiger partial charge in [0, 0.05) is 43.0 Å². The fourth-order valence-electron chi connectivity index (χ4n) is 4.33. The van der Waals surface area contributed by atoms with Crippen LogP contribution in [0.25, 0.3) is 16.6 Å². The van der Waals surface area contributed by atoms with E-state index < -0.39 is 12.1 Å². The van der Waals surface area contributed by atoms with E-state index in [4.69, 9.17) is 14.6 Å². The zero-order chi connectivity index (χ0) is 24.5. The molecule has 2 fully saturated rings. The highest BCUT2D eigenvalue weighted by atomic mass is 19.4. The summed E-state index contributed by atoms with van der Waals surface area (Å²) in [5.41, 5.74) is 2.65. The first-order chi connectivity index (χ1) is 16.1. The zero-order valence-corrected chi connectivity index (χ0v) is 18.2. The van der Waals surface area contributed by atoms with Crippen LogP contribution in [0, 0.1) is 0 Å². The minimum atomic E-state index is -5.08. The number of alkyl halides is 3. The summed E-state index contributed by atoms with van der Waals surface area (Å²) in [6.45, 7) is 1.45. The highest BCUT2D eigenvalue weighted by Gasteiger charge is 2.38. The maximum atomic E-state index is 13.1. The number of aromatic nitrogens is 3. The topological polar surface area (TPSA) is 110 Å². The Morgan fingerprint density at radius 2 is 1.82 bits per heavy atom. The predicted octanol–water partition coefficient (Wildman–Crippen LogP) is 2.25. The molecule has 3 N–H and O–H groups in total. The zero-order valence-electron chi connectivity index (χ0n) is 18.2. The lowest BCUT2D eigenvalue weighted by atomic mass is 9.92. The molecule has 34 heavy (non-hydrogen) atoms. The molecule has 2 aliphatic rings. The minimum absolute atomic E-state index is 0.0141. The number of piperidine rings is 1. The van der Waals surface area contributed by atoms with E-state index in [1.807, 2.05) is 54.5 Å². The van der Waals surface area contributed by atoms with Crippen molar-refractivity contribution in [3.8, 4) is 5.69 Å². The van der Waals surface area contributed by atoms with Gasteiger partial charge >= 0.3 is 12.1 Å². The number of para-hydroxylation sites is 1. The summed E-state index contributed by atoms with van der Waals surface area (Å²) in [4.78, 5) is 22.0. The second-order valence-corrected chi connectivity index (χ2v) is 8.34. The summed E-state index contributed by atoms with van der Waals surface area (Å²) in [6.07, 6.45) is 2.40. The average molecular weight is 479 g/mol. The molecular weight excluding hydrogens is 455 g/mol. The quantitative estimate of drug-likeness (QED) is 0.532. The Kier molecular flexibility index (Phi) is 6.62. The summed E-state index contributed by atoms with van der Waals surface area (Å²) >= 11 is 0. The summed E-state index contributed by atoms with van der Waals surface area (Å²) in [5.74, 6) is -2.77. The van der Waals surface area contributed by atoms with Crippen LogP contribution < -0.4 is 10.6 Å². The van der Waals surface area contributed by atoms with E-state index in [1.54, 1.807) is 4.68 Å². The number of rotatable bonds is 3. The lowest BCUT2D eigenvalue weighted by Gasteiger charge is -2.40. The van der Waals surface area contributed by atoms with Crippen molar-refractivity contribution in [2.45, 2.75) is 37.1 Å². The molecule has 2 aliphatic heterocycles. The van der Waals surface area contributed by atoms with Crippen molar-refractivity contribution in [3.63, 3.8) is 0 Å². The molecule has 182 valence electrons. The van der Waals surface area contributed by atoms with Crippen LogP contribution in [0.15, 0.2) is 42.9 Å². The van der Waals surface area contributed by atoms with Gasteiger partial charge < -0.3 is 25.0 Å². The van der Waals surface area contributed by atoms with Gasteiger partial charge in [-0.25, -0.2) is 4.79 Å². The minimum Gasteiger partial charge on any atom is -0.475 e. The predicted molar refractivity (Wildman–Crippen MR) is 116 cm³/mol. The lowest BCUT2D eigenvalue weighted by molar-refractivity contribution is -0.192. The fourth-order valence-corrected chi connectivity index (χ4v) is 4.33. The Hall–Kier alpha value is -3.38. The molecule has 3 aromatic rings. The number of hydrogen-bond acceptors (Lipinski definition) is 5. The SMILES string of the molecule is Cn1cc(-n2cc(C(=O)NC3C[C@H]4COC[C@@H](C3)N4)c3ccccc32)cn1.O=C(O)C(F)(F)F. The Labute approximate surface area is 192 Å². The second kappa shape index (κ2) is 9.47. The van der Waals surface area contributed by atoms with E-state index in [0.29, 0.717) is 17.6 Å². The van der Waals surface area contributed by atoms with E-state index in [-0.39, 0.29) is 11.9 Å².